The van der Waals surface area contributed by atoms with Crippen LogP contribution in [0.25, 0.3) is 0 Å². The van der Waals surface area contributed by atoms with E-state index >= 15 is 0 Å². The van der Waals surface area contributed by atoms with Gasteiger partial charge in [-0.15, -0.1) is 0 Å². The Bertz CT molecular complexity index is 567. The van der Waals surface area contributed by atoms with E-state index in [1.807, 2.05) is 0 Å². The minimum atomic E-state index is -4.54. The minimum Gasteiger partial charge on any atom is -0.378 e. The van der Waals surface area contributed by atoms with Gasteiger partial charge >= 0.3 is 6.18 Å². The fourth-order valence-electron chi connectivity index (χ4n) is 2.24. The summed E-state index contributed by atoms with van der Waals surface area (Å²) >= 11 is 5.84. The van der Waals surface area contributed by atoms with Gasteiger partial charge in [0, 0.05) is 12.7 Å². The van der Waals surface area contributed by atoms with Gasteiger partial charge in [-0.05, 0) is 18.9 Å². The summed E-state index contributed by atoms with van der Waals surface area (Å²) < 4.78 is 37.7. The molecule has 5 nitrogen and oxygen atoms in total. The lowest BCUT2D eigenvalue weighted by Gasteiger charge is -2.38. The largest absolute Gasteiger partial charge is 0.417 e. The Morgan fingerprint density at radius 3 is 2.71 bits per heavy atom. The summed E-state index contributed by atoms with van der Waals surface area (Å²) in [5, 5.41) is 9.89. The van der Waals surface area contributed by atoms with E-state index in [2.05, 4.69) is 4.98 Å². The van der Waals surface area contributed by atoms with Crippen LogP contribution in [-0.2, 0) is 11.0 Å². The first-order valence-corrected chi connectivity index (χ1v) is 6.51. The maximum atomic E-state index is 12.6. The number of anilines is 1. The molecule has 0 radical (unpaired) electrons. The molecule has 9 heteroatoms. The van der Waals surface area contributed by atoms with Gasteiger partial charge in [-0.3, -0.25) is 4.79 Å². The molecule has 2 heterocycles. The average molecular weight is 324 g/mol. The molecular weight excluding hydrogens is 311 g/mol. The Balaban J connectivity index is 2.28. The number of carbonyl (C=O) groups is 1. The number of nitrogens with zero attached hydrogens (tertiary/aromatic N) is 2. The smallest absolute Gasteiger partial charge is 0.378 e. The van der Waals surface area contributed by atoms with E-state index in [9.17, 15) is 23.1 Å². The summed E-state index contributed by atoms with van der Waals surface area (Å²) in [6.07, 6.45) is -3.24. The number of nitrogens with two attached hydrogens (primary N) is 1. The second-order valence-electron chi connectivity index (χ2n) is 4.95. The summed E-state index contributed by atoms with van der Waals surface area (Å²) in [5.74, 6) is -0.792. The zero-order valence-corrected chi connectivity index (χ0v) is 11.6. The molecule has 2 rings (SSSR count). The minimum absolute atomic E-state index is 0.0871. The number of rotatable bonds is 2. The number of pyridine rings is 1. The first-order valence-electron chi connectivity index (χ1n) is 6.13. The molecule has 0 unspecified atom stereocenters. The summed E-state index contributed by atoms with van der Waals surface area (Å²) in [5.41, 5.74) is 2.45. The van der Waals surface area contributed by atoms with Gasteiger partial charge in [-0.2, -0.15) is 13.2 Å². The van der Waals surface area contributed by atoms with Crippen LogP contribution in [0.5, 0.6) is 0 Å². The van der Waals surface area contributed by atoms with Crippen molar-refractivity contribution in [1.82, 2.24) is 4.98 Å². The predicted octanol–water partition coefficient (Wildman–Crippen LogP) is 1.57. The third kappa shape index (κ3) is 3.21. The van der Waals surface area contributed by atoms with Crippen molar-refractivity contribution in [2.75, 3.05) is 18.0 Å². The van der Waals surface area contributed by atoms with Gasteiger partial charge in [0.1, 0.15) is 5.82 Å². The van der Waals surface area contributed by atoms with Gasteiger partial charge < -0.3 is 15.7 Å². The number of aromatic nitrogens is 1. The van der Waals surface area contributed by atoms with Crippen molar-refractivity contribution in [3.05, 3.63) is 22.8 Å². The van der Waals surface area contributed by atoms with Crippen LogP contribution in [0.2, 0.25) is 5.02 Å². The lowest BCUT2D eigenvalue weighted by Crippen LogP contribution is -2.56. The predicted molar refractivity (Wildman–Crippen MR) is 69.8 cm³/mol. The maximum Gasteiger partial charge on any atom is 0.417 e. The van der Waals surface area contributed by atoms with Gasteiger partial charge in [0.05, 0.1) is 17.1 Å². The Morgan fingerprint density at radius 2 is 2.19 bits per heavy atom. The van der Waals surface area contributed by atoms with Gasteiger partial charge in [0.2, 0.25) is 0 Å². The Hall–Kier alpha value is -1.54. The molecule has 1 saturated heterocycles. The van der Waals surface area contributed by atoms with Gasteiger partial charge in [-0.25, -0.2) is 4.98 Å². The second kappa shape index (κ2) is 5.34. The van der Waals surface area contributed by atoms with Crippen molar-refractivity contribution in [3.63, 3.8) is 0 Å². The van der Waals surface area contributed by atoms with E-state index in [0.717, 1.165) is 6.07 Å². The fourth-order valence-corrected chi connectivity index (χ4v) is 2.52. The molecular formula is C12H13ClF3N3O2. The number of primary amides is 1. The van der Waals surface area contributed by atoms with Crippen LogP contribution >= 0.6 is 11.6 Å². The number of hydrogen-bond donors (Lipinski definition) is 2. The fraction of sp³-hybridized carbons (Fsp3) is 0.500. The molecule has 1 aromatic rings. The number of carbonyl (C=O) groups excluding carboxylic acids is 1. The molecule has 0 saturated carbocycles. The molecule has 1 aliphatic heterocycles. The SMILES string of the molecule is NC(=O)[C@@]1(O)CCCN(c2ncc(C(F)(F)F)cc2Cl)C1. The average Bonchev–Trinajstić information content (AvgIpc) is 2.37. The number of alkyl halides is 3. The molecule has 0 bridgehead atoms. The van der Waals surface area contributed by atoms with Crippen LogP contribution in [0, 0.1) is 0 Å². The zero-order valence-electron chi connectivity index (χ0n) is 10.8. The van der Waals surface area contributed by atoms with Gasteiger partial charge in [0.25, 0.3) is 5.91 Å². The molecule has 0 spiro atoms. The van der Waals surface area contributed by atoms with Gasteiger partial charge in [0.15, 0.2) is 5.60 Å². The van der Waals surface area contributed by atoms with Crippen molar-refractivity contribution in [2.45, 2.75) is 24.6 Å². The Kier molecular flexibility index (Phi) is 4.03. The van der Waals surface area contributed by atoms with Crippen LogP contribution in [0.1, 0.15) is 18.4 Å². The highest BCUT2D eigenvalue weighted by atomic mass is 35.5. The molecule has 116 valence electrons. The molecule has 0 aliphatic carbocycles. The van der Waals surface area contributed by atoms with Crippen LogP contribution in [-0.4, -0.2) is 34.7 Å². The highest BCUT2D eigenvalue weighted by Gasteiger charge is 2.40. The monoisotopic (exact) mass is 323 g/mol. The summed E-state index contributed by atoms with van der Waals surface area (Å²) in [7, 11) is 0. The van der Waals surface area contributed by atoms with E-state index in [0.29, 0.717) is 19.2 Å². The molecule has 1 aromatic heterocycles. The summed E-state index contributed by atoms with van der Waals surface area (Å²) in [6.45, 7) is 0.258. The first-order chi connectivity index (χ1) is 9.63. The Morgan fingerprint density at radius 1 is 1.52 bits per heavy atom. The van der Waals surface area contributed by atoms with Crippen LogP contribution in [0.3, 0.4) is 0 Å². The zero-order chi connectivity index (χ0) is 15.8. The van der Waals surface area contributed by atoms with E-state index in [1.54, 1.807) is 0 Å². The lowest BCUT2D eigenvalue weighted by atomic mass is 9.92. The third-order valence-corrected chi connectivity index (χ3v) is 3.66. The normalized spacial score (nSPS) is 23.2. The summed E-state index contributed by atoms with van der Waals surface area (Å²) in [6, 6.07) is 0.766. The van der Waals surface area contributed by atoms with Crippen LogP contribution < -0.4 is 10.6 Å². The van der Waals surface area contributed by atoms with E-state index in [4.69, 9.17) is 17.3 Å². The maximum absolute atomic E-state index is 12.6. The van der Waals surface area contributed by atoms with E-state index in [1.165, 1.54) is 4.90 Å². The lowest BCUT2D eigenvalue weighted by molar-refractivity contribution is -0.138. The van der Waals surface area contributed by atoms with Crippen LogP contribution in [0.4, 0.5) is 19.0 Å². The quantitative estimate of drug-likeness (QED) is 0.866. The first kappa shape index (κ1) is 15.8. The number of amides is 1. The van der Waals surface area contributed by atoms with Crippen molar-refractivity contribution in [2.24, 2.45) is 5.73 Å². The van der Waals surface area contributed by atoms with Crippen molar-refractivity contribution < 1.29 is 23.1 Å². The topological polar surface area (TPSA) is 79.5 Å². The number of hydrogen-bond acceptors (Lipinski definition) is 4. The molecule has 1 aliphatic rings. The standard InChI is InChI=1S/C12H13ClF3N3O2/c13-8-4-7(12(14,15)16)5-18-9(8)19-3-1-2-11(21,6-19)10(17)20/h4-5,21H,1-3,6H2,(H2,17,20)/t11-/m1/s1. The van der Waals surface area contributed by atoms with Crippen molar-refractivity contribution >= 4 is 23.3 Å². The summed E-state index contributed by atoms with van der Waals surface area (Å²) in [4.78, 5) is 16.4. The van der Waals surface area contributed by atoms with Crippen molar-refractivity contribution in [3.8, 4) is 0 Å². The molecule has 21 heavy (non-hydrogen) atoms. The molecule has 0 aromatic carbocycles. The molecule has 1 atom stereocenters. The molecule has 3 N–H and O–H groups in total. The van der Waals surface area contributed by atoms with Crippen LogP contribution in [0.15, 0.2) is 12.3 Å². The Labute approximate surface area is 123 Å². The van der Waals surface area contributed by atoms with Crippen molar-refractivity contribution in [1.29, 1.82) is 0 Å². The van der Waals surface area contributed by atoms with E-state index < -0.39 is 23.2 Å². The van der Waals surface area contributed by atoms with Gasteiger partial charge in [-0.1, -0.05) is 11.6 Å². The third-order valence-electron chi connectivity index (χ3n) is 3.38. The van der Waals surface area contributed by atoms with E-state index in [-0.39, 0.29) is 23.8 Å². The number of piperidine rings is 1. The highest BCUT2D eigenvalue weighted by Crippen LogP contribution is 2.35. The number of aliphatic hydroxyl groups is 1. The highest BCUT2D eigenvalue weighted by molar-refractivity contribution is 6.33. The number of halogens is 4. The molecule has 1 fully saturated rings. The number of β-amino-alcohol motifs (C(OH)–C–C–N with tert-alkyl or cyclic N) is 1. The molecule has 1 amide bonds. The second-order valence-corrected chi connectivity index (χ2v) is 5.36.